The number of pyridine rings is 1. The molecule has 0 fully saturated rings. The average molecular weight is 133 g/mol. The summed E-state index contributed by atoms with van der Waals surface area (Å²) in [5, 5.41) is 10.7. The molecule has 0 aromatic carbocycles. The van der Waals surface area contributed by atoms with E-state index in [0.29, 0.717) is 6.54 Å². The highest BCUT2D eigenvalue weighted by atomic mass is 14.8. The first-order valence-corrected chi connectivity index (χ1v) is 2.94. The van der Waals surface area contributed by atoms with Crippen molar-refractivity contribution in [3.63, 3.8) is 0 Å². The fourth-order valence-corrected chi connectivity index (χ4v) is 0.644. The topological polar surface area (TPSA) is 48.7 Å². The zero-order valence-electron chi connectivity index (χ0n) is 5.41. The highest BCUT2D eigenvalue weighted by Crippen LogP contribution is 1.92. The fraction of sp³-hybridized carbons (Fsp3) is 0.143. The zero-order chi connectivity index (χ0) is 7.23. The average Bonchev–Trinajstić information content (AvgIpc) is 2.03. The molecule has 0 saturated carbocycles. The standard InChI is InChI=1S/C7H7N3/c8-6-10-5-7-2-1-3-9-4-7/h1-4,10H,5H2. The van der Waals surface area contributed by atoms with Gasteiger partial charge in [-0.15, -0.1) is 0 Å². The molecule has 1 rings (SSSR count). The molecule has 0 aliphatic rings. The smallest absolute Gasteiger partial charge is 0.176 e. The molecule has 50 valence electrons. The van der Waals surface area contributed by atoms with Gasteiger partial charge in [0.15, 0.2) is 6.19 Å². The van der Waals surface area contributed by atoms with Crippen LogP contribution in [0.1, 0.15) is 5.56 Å². The number of hydrogen-bond acceptors (Lipinski definition) is 3. The molecule has 0 amide bonds. The van der Waals surface area contributed by atoms with Gasteiger partial charge in [-0.05, 0) is 11.6 Å². The summed E-state index contributed by atoms with van der Waals surface area (Å²) in [6, 6.07) is 3.76. The maximum absolute atomic E-state index is 8.15. The first-order chi connectivity index (χ1) is 4.93. The lowest BCUT2D eigenvalue weighted by Gasteiger charge is -1.94. The Kier molecular flexibility index (Phi) is 2.27. The van der Waals surface area contributed by atoms with Gasteiger partial charge in [0, 0.05) is 12.4 Å². The molecule has 1 N–H and O–H groups in total. The molecule has 0 bridgehead atoms. The Morgan fingerprint density at radius 3 is 3.20 bits per heavy atom. The predicted molar refractivity (Wildman–Crippen MR) is 36.7 cm³/mol. The predicted octanol–water partition coefficient (Wildman–Crippen LogP) is 0.652. The lowest BCUT2D eigenvalue weighted by atomic mass is 10.3. The van der Waals surface area contributed by atoms with Crippen LogP contribution in [0.4, 0.5) is 0 Å². The molecule has 0 saturated heterocycles. The Morgan fingerprint density at radius 1 is 1.70 bits per heavy atom. The van der Waals surface area contributed by atoms with Gasteiger partial charge >= 0.3 is 0 Å². The van der Waals surface area contributed by atoms with Gasteiger partial charge in [-0.25, -0.2) is 0 Å². The SMILES string of the molecule is N#CNCc1cccnc1. The van der Waals surface area contributed by atoms with Crippen LogP contribution in [0, 0.1) is 11.5 Å². The maximum Gasteiger partial charge on any atom is 0.176 e. The van der Waals surface area contributed by atoms with Crippen LogP contribution >= 0.6 is 0 Å². The van der Waals surface area contributed by atoms with Gasteiger partial charge in [0.1, 0.15) is 0 Å². The first kappa shape index (κ1) is 6.56. The molecule has 0 radical (unpaired) electrons. The van der Waals surface area contributed by atoms with E-state index in [-0.39, 0.29) is 0 Å². The molecule has 0 aliphatic heterocycles. The van der Waals surface area contributed by atoms with Crippen molar-refractivity contribution in [3.8, 4) is 6.19 Å². The summed E-state index contributed by atoms with van der Waals surface area (Å²) in [4.78, 5) is 3.89. The van der Waals surface area contributed by atoms with Crippen LogP contribution < -0.4 is 5.32 Å². The lowest BCUT2D eigenvalue weighted by molar-refractivity contribution is 0.877. The zero-order valence-corrected chi connectivity index (χ0v) is 5.41. The number of rotatable bonds is 2. The third kappa shape index (κ3) is 1.75. The molecule has 3 nitrogen and oxygen atoms in total. The molecule has 1 aromatic heterocycles. The number of nitrogens with zero attached hydrogens (tertiary/aromatic N) is 2. The molecular formula is C7H7N3. The number of nitrogens with one attached hydrogen (secondary N) is 1. The minimum absolute atomic E-state index is 0.560. The normalized spacial score (nSPS) is 8.30. The van der Waals surface area contributed by atoms with Crippen molar-refractivity contribution in [2.75, 3.05) is 0 Å². The molecule has 3 heteroatoms. The fourth-order valence-electron chi connectivity index (χ4n) is 0.644. The van der Waals surface area contributed by atoms with Crippen LogP contribution in [0.25, 0.3) is 0 Å². The highest BCUT2D eigenvalue weighted by molar-refractivity contribution is 5.08. The molecule has 0 atom stereocenters. The lowest BCUT2D eigenvalue weighted by Crippen LogP contribution is -2.04. The Labute approximate surface area is 59.3 Å². The van der Waals surface area contributed by atoms with Crippen molar-refractivity contribution in [2.24, 2.45) is 0 Å². The summed E-state index contributed by atoms with van der Waals surface area (Å²) in [5.74, 6) is 0. The summed E-state index contributed by atoms with van der Waals surface area (Å²) in [5.41, 5.74) is 1.02. The largest absolute Gasteiger partial charge is 0.319 e. The summed E-state index contributed by atoms with van der Waals surface area (Å²) >= 11 is 0. The van der Waals surface area contributed by atoms with Gasteiger partial charge in [0.2, 0.25) is 0 Å². The Hall–Kier alpha value is -1.56. The summed E-state index contributed by atoms with van der Waals surface area (Å²) < 4.78 is 0. The van der Waals surface area contributed by atoms with Crippen molar-refractivity contribution in [3.05, 3.63) is 30.1 Å². The first-order valence-electron chi connectivity index (χ1n) is 2.94. The van der Waals surface area contributed by atoms with E-state index >= 15 is 0 Å². The summed E-state index contributed by atoms with van der Waals surface area (Å²) in [6.45, 7) is 0.560. The van der Waals surface area contributed by atoms with E-state index in [1.807, 2.05) is 18.3 Å². The monoisotopic (exact) mass is 133 g/mol. The van der Waals surface area contributed by atoms with E-state index in [1.54, 1.807) is 12.4 Å². The third-order valence-electron chi connectivity index (χ3n) is 1.09. The van der Waals surface area contributed by atoms with Crippen molar-refractivity contribution < 1.29 is 0 Å². The molecule has 1 aromatic rings. The van der Waals surface area contributed by atoms with Crippen LogP contribution in [0.15, 0.2) is 24.5 Å². The van der Waals surface area contributed by atoms with Gasteiger partial charge in [-0.2, -0.15) is 5.26 Å². The second kappa shape index (κ2) is 3.46. The van der Waals surface area contributed by atoms with Crippen molar-refractivity contribution in [1.82, 2.24) is 10.3 Å². The second-order valence-corrected chi connectivity index (χ2v) is 1.83. The Bertz CT molecular complexity index is 224. The minimum atomic E-state index is 0.560. The summed E-state index contributed by atoms with van der Waals surface area (Å²) in [7, 11) is 0. The van der Waals surface area contributed by atoms with Crippen LogP contribution in [0.3, 0.4) is 0 Å². The molecule has 0 spiro atoms. The van der Waals surface area contributed by atoms with Gasteiger partial charge in [0.25, 0.3) is 0 Å². The second-order valence-electron chi connectivity index (χ2n) is 1.83. The van der Waals surface area contributed by atoms with Crippen LogP contribution in [0.5, 0.6) is 0 Å². The van der Waals surface area contributed by atoms with Gasteiger partial charge in [0.05, 0.1) is 6.54 Å². The number of nitriles is 1. The van der Waals surface area contributed by atoms with E-state index < -0.39 is 0 Å². The Morgan fingerprint density at radius 2 is 2.60 bits per heavy atom. The van der Waals surface area contributed by atoms with Gasteiger partial charge in [-0.1, -0.05) is 6.07 Å². The van der Waals surface area contributed by atoms with Crippen molar-refractivity contribution in [1.29, 1.82) is 5.26 Å². The molecular weight excluding hydrogens is 126 g/mol. The molecule has 0 aliphatic carbocycles. The molecule has 0 unspecified atom stereocenters. The number of hydrogen-bond donors (Lipinski definition) is 1. The maximum atomic E-state index is 8.15. The van der Waals surface area contributed by atoms with E-state index in [1.165, 1.54) is 0 Å². The van der Waals surface area contributed by atoms with Gasteiger partial charge in [-0.3, -0.25) is 4.98 Å². The van der Waals surface area contributed by atoms with E-state index in [0.717, 1.165) is 5.56 Å². The van der Waals surface area contributed by atoms with E-state index in [9.17, 15) is 0 Å². The highest BCUT2D eigenvalue weighted by Gasteiger charge is 1.86. The van der Waals surface area contributed by atoms with Crippen molar-refractivity contribution >= 4 is 0 Å². The molecule has 1 heterocycles. The number of aromatic nitrogens is 1. The van der Waals surface area contributed by atoms with Gasteiger partial charge < -0.3 is 5.32 Å². The van der Waals surface area contributed by atoms with Crippen molar-refractivity contribution in [2.45, 2.75) is 6.54 Å². The quantitative estimate of drug-likeness (QED) is 0.476. The minimum Gasteiger partial charge on any atom is -0.319 e. The van der Waals surface area contributed by atoms with Crippen LogP contribution in [-0.2, 0) is 6.54 Å². The third-order valence-corrected chi connectivity index (χ3v) is 1.09. The van der Waals surface area contributed by atoms with E-state index in [2.05, 4.69) is 10.3 Å². The van der Waals surface area contributed by atoms with Crippen LogP contribution in [-0.4, -0.2) is 4.98 Å². The summed E-state index contributed by atoms with van der Waals surface area (Å²) in [6.07, 6.45) is 5.27. The van der Waals surface area contributed by atoms with E-state index in [4.69, 9.17) is 5.26 Å². The molecule has 10 heavy (non-hydrogen) atoms. The Balaban J connectivity index is 2.52. The van der Waals surface area contributed by atoms with Crippen LogP contribution in [0.2, 0.25) is 0 Å².